The van der Waals surface area contributed by atoms with Crippen molar-refractivity contribution in [3.63, 3.8) is 0 Å². The van der Waals surface area contributed by atoms with Crippen LogP contribution in [0.25, 0.3) is 11.4 Å². The summed E-state index contributed by atoms with van der Waals surface area (Å²) in [7, 11) is 0. The molecule has 0 spiro atoms. The van der Waals surface area contributed by atoms with Gasteiger partial charge < -0.3 is 0 Å². The molecule has 3 heteroatoms. The van der Waals surface area contributed by atoms with Crippen LogP contribution in [0.1, 0.15) is 0 Å². The number of hydrogen-bond acceptors (Lipinski definition) is 1. The van der Waals surface area contributed by atoms with Crippen LogP contribution in [-0.2, 0) is 0 Å². The van der Waals surface area contributed by atoms with E-state index in [-0.39, 0.29) is 0 Å². The van der Waals surface area contributed by atoms with Crippen LogP contribution in [0.4, 0.5) is 0 Å². The van der Waals surface area contributed by atoms with Gasteiger partial charge in [-0.15, -0.1) is 0 Å². The van der Waals surface area contributed by atoms with Crippen molar-refractivity contribution in [1.29, 1.82) is 0 Å². The number of rotatable bonds is 1. The fourth-order valence-corrected chi connectivity index (χ4v) is 1.79. The van der Waals surface area contributed by atoms with Crippen LogP contribution in [0.15, 0.2) is 42.7 Å². The van der Waals surface area contributed by atoms with Gasteiger partial charge in [0.15, 0.2) is 0 Å². The summed E-state index contributed by atoms with van der Waals surface area (Å²) in [6.07, 6.45) is 3.86. The molecule has 0 saturated carbocycles. The van der Waals surface area contributed by atoms with E-state index in [1.807, 2.05) is 36.7 Å². The third kappa shape index (κ3) is 1.33. The predicted molar refractivity (Wildman–Crippen MR) is 48.8 cm³/mol. The number of aromatic nitrogens is 2. The summed E-state index contributed by atoms with van der Waals surface area (Å²) in [6, 6.07) is 10.1. The minimum atomic E-state index is 1.03. The molecule has 0 fully saturated rings. The van der Waals surface area contributed by atoms with Crippen LogP contribution in [0.2, 0.25) is 0 Å². The monoisotopic (exact) mass is 212 g/mol. The van der Waals surface area contributed by atoms with Gasteiger partial charge in [0.05, 0.1) is 0 Å². The van der Waals surface area contributed by atoms with Crippen molar-refractivity contribution in [2.75, 3.05) is 0 Å². The van der Waals surface area contributed by atoms with Gasteiger partial charge in [0.1, 0.15) is 0 Å². The molecule has 0 aromatic carbocycles. The second-order valence-electron chi connectivity index (χ2n) is 2.52. The fraction of sp³-hybridized carbons (Fsp3) is 0. The molecular weight excluding hydrogens is 206 g/mol. The van der Waals surface area contributed by atoms with Crippen LogP contribution >= 0.6 is 0 Å². The number of hydrogen-bond donors (Lipinski definition) is 0. The zero-order valence-electron chi connectivity index (χ0n) is 6.51. The van der Waals surface area contributed by atoms with Crippen molar-refractivity contribution >= 4 is 18.8 Å². The summed E-state index contributed by atoms with van der Waals surface area (Å²) in [6.45, 7) is 0. The first-order valence-corrected chi connectivity index (χ1v) is 4.80. The molecule has 2 rings (SSSR count). The van der Waals surface area contributed by atoms with Crippen LogP contribution in [0.5, 0.6) is 0 Å². The normalized spacial score (nSPS) is 10.0. The Labute approximate surface area is 81.4 Å². The first-order chi connectivity index (χ1) is 5.88. The van der Waals surface area contributed by atoms with Gasteiger partial charge in [0.25, 0.3) is 0 Å². The Morgan fingerprint density at radius 1 is 1.17 bits per heavy atom. The third-order valence-corrected chi connectivity index (χ3v) is 2.65. The van der Waals surface area contributed by atoms with E-state index in [2.05, 4.69) is 14.3 Å². The first-order valence-electron chi connectivity index (χ1n) is 3.72. The van der Waals surface area contributed by atoms with Gasteiger partial charge in [-0.25, -0.2) is 0 Å². The Balaban J connectivity index is 2.51. The zero-order valence-corrected chi connectivity index (χ0v) is 8.94. The van der Waals surface area contributed by atoms with E-state index in [1.54, 1.807) is 18.8 Å². The van der Waals surface area contributed by atoms with E-state index < -0.39 is 0 Å². The Morgan fingerprint density at radius 2 is 2.08 bits per heavy atom. The fourth-order valence-electron chi connectivity index (χ4n) is 1.13. The standard InChI is InChI=1S/C9H7N2.Ga/c1-2-6-10-8(4-1)9-5-3-7-11-9;/h1-7H;/q-1;+1. The summed E-state index contributed by atoms with van der Waals surface area (Å²) in [5.41, 5.74) is 2.21. The van der Waals surface area contributed by atoms with Gasteiger partial charge >= 0.3 is 81.2 Å². The molecule has 0 N–H and O–H groups in total. The first kappa shape index (κ1) is 7.70. The molecule has 2 radical (unpaired) electrons. The molecule has 56 valence electrons. The Morgan fingerprint density at radius 3 is 2.67 bits per heavy atom. The van der Waals surface area contributed by atoms with Crippen LogP contribution < -0.4 is 0 Å². The van der Waals surface area contributed by atoms with Gasteiger partial charge in [0, 0.05) is 0 Å². The molecule has 2 aromatic heterocycles. The molecule has 12 heavy (non-hydrogen) atoms. The molecule has 0 atom stereocenters. The van der Waals surface area contributed by atoms with E-state index >= 15 is 0 Å². The molecule has 0 aliphatic carbocycles. The van der Waals surface area contributed by atoms with E-state index in [0.29, 0.717) is 0 Å². The average Bonchev–Trinajstić information content (AvgIpc) is 2.53. The summed E-state index contributed by atoms with van der Waals surface area (Å²) in [5.74, 6) is 0. The Hall–Kier alpha value is -0.934. The quantitative estimate of drug-likeness (QED) is 0.656. The van der Waals surface area contributed by atoms with Crippen LogP contribution in [0.3, 0.4) is 0 Å². The zero-order chi connectivity index (χ0) is 8.39. The molecule has 0 unspecified atom stereocenters. The van der Waals surface area contributed by atoms with Crippen LogP contribution in [-0.4, -0.2) is 27.1 Å². The predicted octanol–water partition coefficient (Wildman–Crippen LogP) is 1.48. The second kappa shape index (κ2) is 3.21. The third-order valence-electron chi connectivity index (χ3n) is 1.71. The van der Waals surface area contributed by atoms with E-state index in [1.165, 1.54) is 5.69 Å². The van der Waals surface area contributed by atoms with Crippen molar-refractivity contribution in [3.05, 3.63) is 42.7 Å². The van der Waals surface area contributed by atoms with Crippen molar-refractivity contribution in [2.45, 2.75) is 0 Å². The molecule has 2 nitrogen and oxygen atoms in total. The maximum absolute atomic E-state index is 4.27. The van der Waals surface area contributed by atoms with Crippen molar-refractivity contribution in [3.8, 4) is 11.4 Å². The number of pyridine rings is 1. The SMILES string of the molecule is [Ga][n]1cccc1-c1ccccn1. The molecule has 2 aromatic rings. The molecule has 0 aliphatic heterocycles. The van der Waals surface area contributed by atoms with Gasteiger partial charge in [-0.2, -0.15) is 0 Å². The molecule has 2 heterocycles. The van der Waals surface area contributed by atoms with Crippen molar-refractivity contribution < 1.29 is 0 Å². The summed E-state index contributed by atoms with van der Waals surface area (Å²) >= 11 is 1.56. The van der Waals surface area contributed by atoms with Crippen LogP contribution in [0, 0.1) is 0 Å². The summed E-state index contributed by atoms with van der Waals surface area (Å²) in [5, 5.41) is 0. The minimum absolute atomic E-state index is 1.03. The Kier molecular flexibility index (Phi) is 2.06. The molecule has 0 saturated heterocycles. The van der Waals surface area contributed by atoms with E-state index in [9.17, 15) is 0 Å². The Bertz CT molecular complexity index is 367. The van der Waals surface area contributed by atoms with Gasteiger partial charge in [0.2, 0.25) is 0 Å². The summed E-state index contributed by atoms with van der Waals surface area (Å²) < 4.78 is 2.12. The van der Waals surface area contributed by atoms with Gasteiger partial charge in [-0.05, 0) is 0 Å². The van der Waals surface area contributed by atoms with Gasteiger partial charge in [-0.1, -0.05) is 0 Å². The van der Waals surface area contributed by atoms with E-state index in [0.717, 1.165) is 5.69 Å². The van der Waals surface area contributed by atoms with Gasteiger partial charge in [-0.3, -0.25) is 0 Å². The molecule has 0 aliphatic rings. The summed E-state index contributed by atoms with van der Waals surface area (Å²) in [4.78, 5) is 4.27. The maximum atomic E-state index is 4.27. The van der Waals surface area contributed by atoms with Crippen molar-refractivity contribution in [2.24, 2.45) is 0 Å². The topological polar surface area (TPSA) is 17.8 Å². The molecular formula is C9H7GaN2. The average molecular weight is 213 g/mol. The number of nitrogens with zero attached hydrogens (tertiary/aromatic N) is 2. The molecule has 0 amide bonds. The van der Waals surface area contributed by atoms with Crippen molar-refractivity contribution in [1.82, 2.24) is 8.26 Å². The second-order valence-corrected chi connectivity index (χ2v) is 3.68. The molecule has 0 bridgehead atoms. The van der Waals surface area contributed by atoms with E-state index in [4.69, 9.17) is 0 Å².